The molecule has 1 aromatic rings. The van der Waals surface area contributed by atoms with Gasteiger partial charge in [0.1, 0.15) is 17.6 Å². The Morgan fingerprint density at radius 2 is 1.95 bits per heavy atom. The molecule has 2 N–H and O–H groups in total. The lowest BCUT2D eigenvalue weighted by molar-refractivity contribution is 0.228. The zero-order valence-electron chi connectivity index (χ0n) is 12.8. The molecule has 1 aromatic carbocycles. The summed E-state index contributed by atoms with van der Waals surface area (Å²) in [4.78, 5) is 6.38. The Morgan fingerprint density at radius 3 is 2.55 bits per heavy atom. The average molecular weight is 279 g/mol. The van der Waals surface area contributed by atoms with Gasteiger partial charge in [0, 0.05) is 19.2 Å². The Bertz CT molecular complexity index is 431. The summed E-state index contributed by atoms with van der Waals surface area (Å²) < 4.78 is 11.0. The zero-order chi connectivity index (χ0) is 15.0. The summed E-state index contributed by atoms with van der Waals surface area (Å²) in [6.07, 6.45) is -0.0452. The first kappa shape index (κ1) is 16.1. The van der Waals surface area contributed by atoms with Crippen LogP contribution < -0.4 is 15.2 Å². The minimum atomic E-state index is -0.0452. The fourth-order valence-electron chi connectivity index (χ4n) is 1.81. The summed E-state index contributed by atoms with van der Waals surface area (Å²) in [7, 11) is 1.64. The zero-order valence-corrected chi connectivity index (χ0v) is 12.8. The third-order valence-corrected chi connectivity index (χ3v) is 2.98. The van der Waals surface area contributed by atoms with Crippen LogP contribution in [0.4, 0.5) is 0 Å². The second-order valence-corrected chi connectivity index (χ2v) is 4.48. The molecular weight excluding hydrogens is 254 g/mol. The van der Waals surface area contributed by atoms with Gasteiger partial charge in [-0.1, -0.05) is 6.07 Å². The number of benzene rings is 1. The summed E-state index contributed by atoms with van der Waals surface area (Å²) in [6, 6.07) is 7.53. The summed E-state index contributed by atoms with van der Waals surface area (Å²) in [5.41, 5.74) is 5.93. The van der Waals surface area contributed by atoms with Gasteiger partial charge in [0.25, 0.3) is 0 Å². The fraction of sp³-hybridized carbons (Fsp3) is 0.533. The first-order valence-corrected chi connectivity index (χ1v) is 6.96. The van der Waals surface area contributed by atoms with Crippen molar-refractivity contribution in [3.05, 3.63) is 24.3 Å². The Kier molecular flexibility index (Phi) is 6.70. The molecule has 0 aliphatic carbocycles. The Balaban J connectivity index is 2.54. The third-order valence-electron chi connectivity index (χ3n) is 2.98. The van der Waals surface area contributed by atoms with Crippen LogP contribution in [0.15, 0.2) is 29.3 Å². The molecule has 0 saturated heterocycles. The molecule has 0 aromatic heterocycles. The van der Waals surface area contributed by atoms with Crippen molar-refractivity contribution in [3.63, 3.8) is 0 Å². The number of aliphatic imine (C=N–C) groups is 1. The van der Waals surface area contributed by atoms with Crippen molar-refractivity contribution in [2.24, 2.45) is 10.7 Å². The van der Waals surface area contributed by atoms with E-state index in [1.165, 1.54) is 0 Å². The number of ether oxygens (including phenoxy) is 2. The van der Waals surface area contributed by atoms with Crippen molar-refractivity contribution in [3.8, 4) is 11.5 Å². The SMILES string of the molecule is CCN(CC)C(N)=NCC(C)Oc1cccc(OC)c1. The van der Waals surface area contributed by atoms with Crippen LogP contribution in [0.2, 0.25) is 0 Å². The molecule has 0 heterocycles. The molecule has 0 spiro atoms. The normalized spacial score (nSPS) is 12.9. The second-order valence-electron chi connectivity index (χ2n) is 4.48. The number of guanidine groups is 1. The van der Waals surface area contributed by atoms with Gasteiger partial charge in [0.15, 0.2) is 5.96 Å². The molecule has 0 saturated carbocycles. The number of hydrogen-bond acceptors (Lipinski definition) is 3. The summed E-state index contributed by atoms with van der Waals surface area (Å²) in [5.74, 6) is 2.12. The van der Waals surface area contributed by atoms with Crippen LogP contribution in [-0.4, -0.2) is 43.7 Å². The second kappa shape index (κ2) is 8.30. The van der Waals surface area contributed by atoms with E-state index in [0.29, 0.717) is 12.5 Å². The van der Waals surface area contributed by atoms with Crippen LogP contribution in [0.3, 0.4) is 0 Å². The molecule has 0 aliphatic heterocycles. The van der Waals surface area contributed by atoms with Crippen LogP contribution in [0.1, 0.15) is 20.8 Å². The molecule has 1 atom stereocenters. The Hall–Kier alpha value is -1.91. The maximum atomic E-state index is 5.93. The van der Waals surface area contributed by atoms with Crippen LogP contribution in [0.25, 0.3) is 0 Å². The van der Waals surface area contributed by atoms with Gasteiger partial charge < -0.3 is 20.1 Å². The molecule has 1 unspecified atom stereocenters. The van der Waals surface area contributed by atoms with Crippen LogP contribution in [0.5, 0.6) is 11.5 Å². The van der Waals surface area contributed by atoms with Gasteiger partial charge in [-0.05, 0) is 32.9 Å². The van der Waals surface area contributed by atoms with E-state index in [4.69, 9.17) is 15.2 Å². The van der Waals surface area contributed by atoms with E-state index >= 15 is 0 Å². The van der Waals surface area contributed by atoms with Crippen LogP contribution in [-0.2, 0) is 0 Å². The lowest BCUT2D eigenvalue weighted by atomic mass is 10.3. The van der Waals surface area contributed by atoms with Gasteiger partial charge in [-0.2, -0.15) is 0 Å². The Labute approximate surface area is 121 Å². The molecule has 112 valence electrons. The highest BCUT2D eigenvalue weighted by Crippen LogP contribution is 2.19. The number of nitrogens with two attached hydrogens (primary N) is 1. The highest BCUT2D eigenvalue weighted by molar-refractivity contribution is 5.78. The molecule has 5 heteroatoms. The first-order valence-electron chi connectivity index (χ1n) is 6.96. The van der Waals surface area contributed by atoms with Crippen molar-refractivity contribution in [1.29, 1.82) is 0 Å². The van der Waals surface area contributed by atoms with E-state index in [1.807, 2.05) is 36.1 Å². The maximum Gasteiger partial charge on any atom is 0.191 e. The van der Waals surface area contributed by atoms with Gasteiger partial charge in [-0.3, -0.25) is 0 Å². The highest BCUT2D eigenvalue weighted by atomic mass is 16.5. The van der Waals surface area contributed by atoms with Crippen LogP contribution in [0, 0.1) is 0 Å². The van der Waals surface area contributed by atoms with Crippen molar-refractivity contribution in [1.82, 2.24) is 4.90 Å². The molecule has 0 aliphatic rings. The lowest BCUT2D eigenvalue weighted by Gasteiger charge is -2.20. The summed E-state index contributed by atoms with van der Waals surface area (Å²) in [5, 5.41) is 0. The van der Waals surface area contributed by atoms with Crippen molar-refractivity contribution >= 4 is 5.96 Å². The van der Waals surface area contributed by atoms with E-state index < -0.39 is 0 Å². The third kappa shape index (κ3) is 4.99. The predicted octanol–water partition coefficient (Wildman–Crippen LogP) is 2.12. The van der Waals surface area contributed by atoms with Gasteiger partial charge >= 0.3 is 0 Å². The molecule has 0 fully saturated rings. The highest BCUT2D eigenvalue weighted by Gasteiger charge is 2.06. The molecule has 0 amide bonds. The molecule has 1 rings (SSSR count). The number of rotatable bonds is 7. The largest absolute Gasteiger partial charge is 0.497 e. The van der Waals surface area contributed by atoms with E-state index in [-0.39, 0.29) is 6.10 Å². The molecule has 0 radical (unpaired) electrons. The lowest BCUT2D eigenvalue weighted by Crippen LogP contribution is -2.37. The molecular formula is C15H25N3O2. The number of hydrogen-bond donors (Lipinski definition) is 1. The van der Waals surface area contributed by atoms with Crippen molar-refractivity contribution in [2.75, 3.05) is 26.7 Å². The summed E-state index contributed by atoms with van der Waals surface area (Å²) in [6.45, 7) is 8.33. The minimum absolute atomic E-state index is 0.0452. The van der Waals surface area contributed by atoms with E-state index in [9.17, 15) is 0 Å². The Morgan fingerprint density at radius 1 is 1.30 bits per heavy atom. The van der Waals surface area contributed by atoms with Gasteiger partial charge in [-0.25, -0.2) is 4.99 Å². The van der Waals surface area contributed by atoms with Gasteiger partial charge in [-0.15, -0.1) is 0 Å². The van der Waals surface area contributed by atoms with E-state index in [0.717, 1.165) is 24.6 Å². The quantitative estimate of drug-likeness (QED) is 0.613. The van der Waals surface area contributed by atoms with E-state index in [2.05, 4.69) is 18.8 Å². The van der Waals surface area contributed by atoms with Gasteiger partial charge in [0.05, 0.1) is 13.7 Å². The minimum Gasteiger partial charge on any atom is -0.497 e. The first-order chi connectivity index (χ1) is 9.60. The predicted molar refractivity (Wildman–Crippen MR) is 82.5 cm³/mol. The molecule has 5 nitrogen and oxygen atoms in total. The van der Waals surface area contributed by atoms with Crippen LogP contribution >= 0.6 is 0 Å². The molecule has 20 heavy (non-hydrogen) atoms. The van der Waals surface area contributed by atoms with E-state index in [1.54, 1.807) is 7.11 Å². The monoisotopic (exact) mass is 279 g/mol. The fourth-order valence-corrected chi connectivity index (χ4v) is 1.81. The standard InChI is InChI=1S/C15H25N3O2/c1-5-18(6-2)15(16)17-11-12(3)20-14-9-7-8-13(10-14)19-4/h7-10,12H,5-6,11H2,1-4H3,(H2,16,17). The van der Waals surface area contributed by atoms with Crippen molar-refractivity contribution in [2.45, 2.75) is 26.9 Å². The maximum absolute atomic E-state index is 5.93. The topological polar surface area (TPSA) is 60.1 Å². The number of nitrogens with zero attached hydrogens (tertiary/aromatic N) is 2. The van der Waals surface area contributed by atoms with Crippen molar-refractivity contribution < 1.29 is 9.47 Å². The average Bonchev–Trinajstić information content (AvgIpc) is 2.46. The summed E-state index contributed by atoms with van der Waals surface area (Å²) >= 11 is 0. The van der Waals surface area contributed by atoms with Gasteiger partial charge in [0.2, 0.25) is 0 Å². The molecule has 0 bridgehead atoms. The smallest absolute Gasteiger partial charge is 0.191 e. The number of methoxy groups -OCH3 is 1.